The third kappa shape index (κ3) is 0.370. The van der Waals surface area contributed by atoms with Gasteiger partial charge in [0.2, 0.25) is 0 Å². The number of rotatable bonds is 1. The molecule has 0 aromatic rings. The fraction of sp³-hybridized carbons (Fsp3) is 0.778. The molecule has 0 aromatic heterocycles. The third-order valence-corrected chi connectivity index (χ3v) is 3.52. The summed E-state index contributed by atoms with van der Waals surface area (Å²) >= 11 is 0. The molecule has 1 aliphatic heterocycles. The van der Waals surface area contributed by atoms with Gasteiger partial charge in [0.15, 0.2) is 5.60 Å². The summed E-state index contributed by atoms with van der Waals surface area (Å²) < 4.78 is 5.52. The predicted molar refractivity (Wildman–Crippen MR) is 38.5 cm³/mol. The van der Waals surface area contributed by atoms with Gasteiger partial charge in [-0.1, -0.05) is 6.92 Å². The molecule has 2 fully saturated rings. The summed E-state index contributed by atoms with van der Waals surface area (Å²) in [6.45, 7) is 2.29. The fourth-order valence-corrected chi connectivity index (χ4v) is 2.64. The Morgan fingerprint density at radius 2 is 2.50 bits per heavy atom. The van der Waals surface area contributed by atoms with Crippen molar-refractivity contribution in [2.45, 2.75) is 38.2 Å². The zero-order valence-electron chi connectivity index (χ0n) is 6.31. The highest BCUT2D eigenvalue weighted by Gasteiger charge is 2.66. The number of allylic oxidation sites excluding steroid dienone is 1. The van der Waals surface area contributed by atoms with Crippen LogP contribution in [0.25, 0.3) is 0 Å². The lowest BCUT2D eigenvalue weighted by Gasteiger charge is -2.19. The molecule has 2 bridgehead atoms. The summed E-state index contributed by atoms with van der Waals surface area (Å²) in [7, 11) is 0. The van der Waals surface area contributed by atoms with Gasteiger partial charge in [-0.2, -0.15) is 0 Å². The second-order valence-corrected chi connectivity index (χ2v) is 4.00. The lowest BCUT2D eigenvalue weighted by Crippen LogP contribution is -2.10. The van der Waals surface area contributed by atoms with E-state index in [4.69, 9.17) is 4.74 Å². The van der Waals surface area contributed by atoms with Crippen molar-refractivity contribution in [3.63, 3.8) is 0 Å². The van der Waals surface area contributed by atoms with E-state index < -0.39 is 0 Å². The molecule has 1 spiro atoms. The van der Waals surface area contributed by atoms with Gasteiger partial charge in [0.1, 0.15) is 5.76 Å². The van der Waals surface area contributed by atoms with Crippen LogP contribution in [0.2, 0.25) is 0 Å². The van der Waals surface area contributed by atoms with Crippen molar-refractivity contribution in [3.05, 3.63) is 11.8 Å². The Morgan fingerprint density at radius 3 is 2.90 bits per heavy atom. The van der Waals surface area contributed by atoms with Crippen molar-refractivity contribution < 1.29 is 4.74 Å². The lowest BCUT2D eigenvalue weighted by molar-refractivity contribution is 0.272. The summed E-state index contributed by atoms with van der Waals surface area (Å²) in [5.74, 6) is 1.32. The highest BCUT2D eigenvalue weighted by Crippen LogP contribution is 2.67. The Hall–Kier alpha value is -0.460. The van der Waals surface area contributed by atoms with Gasteiger partial charge in [-0.15, -0.1) is 0 Å². The van der Waals surface area contributed by atoms with E-state index >= 15 is 0 Å². The summed E-state index contributed by atoms with van der Waals surface area (Å²) in [4.78, 5) is 0. The molecule has 1 saturated carbocycles. The minimum atomic E-state index is 0.302. The second kappa shape index (κ2) is 1.15. The monoisotopic (exact) mass is 136 g/mol. The molecule has 1 nitrogen and oxygen atoms in total. The van der Waals surface area contributed by atoms with Crippen molar-refractivity contribution in [1.29, 1.82) is 0 Å². The average molecular weight is 136 g/mol. The van der Waals surface area contributed by atoms with E-state index in [0.717, 1.165) is 0 Å². The molecule has 1 heterocycles. The fourth-order valence-electron chi connectivity index (χ4n) is 2.64. The molecular weight excluding hydrogens is 124 g/mol. The van der Waals surface area contributed by atoms with Crippen LogP contribution in [0.5, 0.6) is 0 Å². The van der Waals surface area contributed by atoms with Crippen LogP contribution in [0.1, 0.15) is 32.6 Å². The quantitative estimate of drug-likeness (QED) is 0.503. The minimum absolute atomic E-state index is 0.302. The van der Waals surface area contributed by atoms with Crippen molar-refractivity contribution in [1.82, 2.24) is 0 Å². The van der Waals surface area contributed by atoms with Gasteiger partial charge in [-0.05, 0) is 30.8 Å². The van der Waals surface area contributed by atoms with E-state index in [1.165, 1.54) is 31.4 Å². The van der Waals surface area contributed by atoms with Crippen LogP contribution in [0, 0.1) is 5.41 Å². The highest BCUT2D eigenvalue weighted by molar-refractivity contribution is 5.39. The summed E-state index contributed by atoms with van der Waals surface area (Å²) in [5, 5.41) is 0. The number of ether oxygens (including phenoxy) is 1. The first-order chi connectivity index (χ1) is 4.79. The average Bonchev–Trinajstić information content (AvgIpc) is 2.37. The van der Waals surface area contributed by atoms with Crippen molar-refractivity contribution in [2.75, 3.05) is 0 Å². The molecule has 3 aliphatic rings. The number of hydrogen-bond acceptors (Lipinski definition) is 1. The molecule has 0 aromatic carbocycles. The summed E-state index contributed by atoms with van der Waals surface area (Å²) in [6.07, 6.45) is 7.66. The number of fused-ring (bicyclic) bond motifs is 1. The van der Waals surface area contributed by atoms with Gasteiger partial charge in [-0.3, -0.25) is 0 Å². The van der Waals surface area contributed by atoms with E-state index in [1.54, 1.807) is 0 Å². The van der Waals surface area contributed by atoms with Crippen LogP contribution < -0.4 is 0 Å². The molecule has 0 radical (unpaired) electrons. The SMILES string of the molecule is CCC12C=C3OC3(CC1)C2. The Labute approximate surface area is 61.1 Å². The standard InChI is InChI=1S/C9H12O/c1-2-8-3-4-9(6-8)7(5-8)10-9/h5H,2-4,6H2,1H3. The van der Waals surface area contributed by atoms with Crippen LogP contribution in [-0.4, -0.2) is 5.60 Å². The smallest absolute Gasteiger partial charge is 0.166 e. The van der Waals surface area contributed by atoms with Gasteiger partial charge >= 0.3 is 0 Å². The molecule has 0 amide bonds. The maximum Gasteiger partial charge on any atom is 0.166 e. The number of epoxide rings is 1. The Bertz CT molecular complexity index is 231. The molecule has 1 saturated heterocycles. The number of hydrogen-bond donors (Lipinski definition) is 0. The van der Waals surface area contributed by atoms with E-state index in [2.05, 4.69) is 13.0 Å². The zero-order valence-corrected chi connectivity index (χ0v) is 6.31. The first kappa shape index (κ1) is 5.22. The Kier molecular flexibility index (Phi) is 0.601. The topological polar surface area (TPSA) is 12.5 Å². The minimum Gasteiger partial charge on any atom is -0.480 e. The normalized spacial score (nSPS) is 53.9. The first-order valence-electron chi connectivity index (χ1n) is 4.21. The van der Waals surface area contributed by atoms with Gasteiger partial charge < -0.3 is 4.74 Å². The third-order valence-electron chi connectivity index (χ3n) is 3.52. The Balaban J connectivity index is 2.08. The molecule has 10 heavy (non-hydrogen) atoms. The molecule has 2 aliphatic carbocycles. The van der Waals surface area contributed by atoms with Gasteiger partial charge in [0.05, 0.1) is 0 Å². The largest absolute Gasteiger partial charge is 0.480 e. The summed E-state index contributed by atoms with van der Waals surface area (Å²) in [6, 6.07) is 0. The van der Waals surface area contributed by atoms with Gasteiger partial charge in [0.25, 0.3) is 0 Å². The molecule has 3 rings (SSSR count). The van der Waals surface area contributed by atoms with E-state index in [9.17, 15) is 0 Å². The summed E-state index contributed by atoms with van der Waals surface area (Å²) in [5.41, 5.74) is 0.879. The molecule has 2 unspecified atom stereocenters. The van der Waals surface area contributed by atoms with Crippen LogP contribution in [-0.2, 0) is 4.74 Å². The van der Waals surface area contributed by atoms with Gasteiger partial charge in [0, 0.05) is 6.42 Å². The second-order valence-electron chi connectivity index (χ2n) is 4.00. The van der Waals surface area contributed by atoms with E-state index in [-0.39, 0.29) is 0 Å². The first-order valence-corrected chi connectivity index (χ1v) is 4.21. The van der Waals surface area contributed by atoms with Crippen molar-refractivity contribution in [2.24, 2.45) is 5.41 Å². The van der Waals surface area contributed by atoms with Crippen molar-refractivity contribution >= 4 is 0 Å². The zero-order chi connectivity index (χ0) is 6.82. The molecular formula is C9H12O. The van der Waals surface area contributed by atoms with Gasteiger partial charge in [-0.25, -0.2) is 0 Å². The predicted octanol–water partition coefficient (Wildman–Crippen LogP) is 2.23. The molecule has 0 N–H and O–H groups in total. The lowest BCUT2D eigenvalue weighted by atomic mass is 9.85. The Morgan fingerprint density at radius 1 is 1.60 bits per heavy atom. The molecule has 2 atom stereocenters. The molecule has 1 heteroatoms. The van der Waals surface area contributed by atoms with Crippen molar-refractivity contribution in [3.8, 4) is 0 Å². The van der Waals surface area contributed by atoms with E-state index in [0.29, 0.717) is 11.0 Å². The highest BCUT2D eigenvalue weighted by atomic mass is 16.6. The maximum absolute atomic E-state index is 5.52. The van der Waals surface area contributed by atoms with Crippen LogP contribution >= 0.6 is 0 Å². The van der Waals surface area contributed by atoms with Crippen LogP contribution in [0.4, 0.5) is 0 Å². The maximum atomic E-state index is 5.52. The molecule has 54 valence electrons. The van der Waals surface area contributed by atoms with E-state index in [1.807, 2.05) is 0 Å². The van der Waals surface area contributed by atoms with Crippen LogP contribution in [0.15, 0.2) is 11.8 Å². The van der Waals surface area contributed by atoms with Crippen LogP contribution in [0.3, 0.4) is 0 Å².